The van der Waals surface area contributed by atoms with E-state index in [1.54, 1.807) is 0 Å². The van der Waals surface area contributed by atoms with Crippen molar-refractivity contribution < 1.29 is 9.53 Å². The first-order valence-electron chi connectivity index (χ1n) is 5.73. The van der Waals surface area contributed by atoms with Crippen molar-refractivity contribution in [2.45, 2.75) is 20.3 Å². The van der Waals surface area contributed by atoms with Gasteiger partial charge >= 0.3 is 0 Å². The van der Waals surface area contributed by atoms with Gasteiger partial charge in [0, 0.05) is 18.5 Å². The molecule has 0 saturated heterocycles. The minimum atomic E-state index is 0.263. The second-order valence-electron chi connectivity index (χ2n) is 4.55. The number of hydrogen-bond donors (Lipinski definition) is 0. The molecule has 3 heteroatoms. The summed E-state index contributed by atoms with van der Waals surface area (Å²) in [6, 6.07) is 2.05. The third-order valence-corrected chi connectivity index (χ3v) is 3.61. The maximum absolute atomic E-state index is 12.0. The van der Waals surface area contributed by atoms with E-state index in [1.165, 1.54) is 0 Å². The summed E-state index contributed by atoms with van der Waals surface area (Å²) >= 11 is 0. The Morgan fingerprint density at radius 2 is 2.12 bits per heavy atom. The van der Waals surface area contributed by atoms with E-state index in [1.807, 2.05) is 13.8 Å². The van der Waals surface area contributed by atoms with Gasteiger partial charge in [-0.05, 0) is 31.0 Å². The molecule has 0 aromatic heterocycles. The third-order valence-electron chi connectivity index (χ3n) is 3.61. The van der Waals surface area contributed by atoms with Crippen LogP contribution in [0.25, 0.3) is 0 Å². The number of hydrogen-bond acceptors (Lipinski definition) is 3. The van der Waals surface area contributed by atoms with Gasteiger partial charge in [0.05, 0.1) is 12.2 Å². The zero-order chi connectivity index (χ0) is 11.3. The number of ether oxygens (including phenoxy) is 1. The lowest BCUT2D eigenvalue weighted by Crippen LogP contribution is -2.39. The van der Waals surface area contributed by atoms with E-state index in [0.717, 1.165) is 47.8 Å². The lowest BCUT2D eigenvalue weighted by molar-refractivity contribution is 0.0976. The number of benzene rings is 1. The van der Waals surface area contributed by atoms with Gasteiger partial charge in [-0.2, -0.15) is 0 Å². The first kappa shape index (κ1) is 9.70. The van der Waals surface area contributed by atoms with E-state index < -0.39 is 0 Å². The molecule has 2 aliphatic heterocycles. The molecular formula is C13H15NO2. The highest BCUT2D eigenvalue weighted by Gasteiger charge is 2.31. The molecule has 0 N–H and O–H groups in total. The molecule has 84 valence electrons. The molecular weight excluding hydrogens is 202 g/mol. The van der Waals surface area contributed by atoms with E-state index in [-0.39, 0.29) is 5.78 Å². The topological polar surface area (TPSA) is 29.5 Å². The van der Waals surface area contributed by atoms with Gasteiger partial charge in [-0.1, -0.05) is 0 Å². The Morgan fingerprint density at radius 3 is 2.94 bits per heavy atom. The second-order valence-corrected chi connectivity index (χ2v) is 4.55. The smallest absolute Gasteiger partial charge is 0.167 e. The number of Topliss-reactive ketones (excluding diaryl/α,β-unsaturated/α-hetero) is 1. The van der Waals surface area contributed by atoms with Crippen LogP contribution in [0.1, 0.15) is 27.9 Å². The molecule has 0 unspecified atom stereocenters. The molecule has 0 aliphatic carbocycles. The fourth-order valence-corrected chi connectivity index (χ4v) is 2.60. The quantitative estimate of drug-likeness (QED) is 0.666. The highest BCUT2D eigenvalue weighted by atomic mass is 16.5. The molecule has 1 aromatic rings. The Labute approximate surface area is 95.0 Å². The predicted octanol–water partition coefficient (Wildman–Crippen LogP) is 2.09. The fraction of sp³-hybridized carbons (Fsp3) is 0.462. The fourth-order valence-electron chi connectivity index (χ4n) is 2.60. The summed E-state index contributed by atoms with van der Waals surface area (Å²) in [6.07, 6.45) is 0.636. The largest absolute Gasteiger partial charge is 0.490 e. The molecule has 3 nitrogen and oxygen atoms in total. The first-order valence-corrected chi connectivity index (χ1v) is 5.73. The number of nitrogens with zero attached hydrogens (tertiary/aromatic N) is 1. The van der Waals surface area contributed by atoms with Crippen LogP contribution in [0.2, 0.25) is 0 Å². The van der Waals surface area contributed by atoms with Crippen molar-refractivity contribution in [1.29, 1.82) is 0 Å². The van der Waals surface area contributed by atoms with Crippen molar-refractivity contribution in [3.8, 4) is 5.75 Å². The van der Waals surface area contributed by atoms with Gasteiger partial charge in [0.1, 0.15) is 12.4 Å². The van der Waals surface area contributed by atoms with Gasteiger partial charge in [-0.3, -0.25) is 4.79 Å². The molecule has 0 saturated carbocycles. The molecule has 2 aliphatic rings. The summed E-state index contributed by atoms with van der Waals surface area (Å²) in [5.41, 5.74) is 4.18. The summed E-state index contributed by atoms with van der Waals surface area (Å²) in [7, 11) is 0. The Hall–Kier alpha value is -1.51. The van der Waals surface area contributed by atoms with E-state index in [0.29, 0.717) is 6.42 Å². The summed E-state index contributed by atoms with van der Waals surface area (Å²) in [5, 5.41) is 0. The normalized spacial score (nSPS) is 18.1. The van der Waals surface area contributed by atoms with Gasteiger partial charge in [-0.15, -0.1) is 0 Å². The standard InChI is InChI=1S/C13H15NO2/c1-8-7-11-13-12(9(8)2)10(15)3-4-14(13)5-6-16-11/h7H,3-6H2,1-2H3. The summed E-state index contributed by atoms with van der Waals surface area (Å²) in [6.45, 7) is 6.53. The van der Waals surface area contributed by atoms with E-state index in [4.69, 9.17) is 4.74 Å². The molecule has 16 heavy (non-hydrogen) atoms. The highest BCUT2D eigenvalue weighted by molar-refractivity contribution is 6.06. The second kappa shape index (κ2) is 3.24. The van der Waals surface area contributed by atoms with E-state index in [2.05, 4.69) is 11.0 Å². The molecule has 1 aromatic carbocycles. The highest BCUT2D eigenvalue weighted by Crippen LogP contribution is 2.41. The zero-order valence-corrected chi connectivity index (χ0v) is 9.67. The van der Waals surface area contributed by atoms with Crippen molar-refractivity contribution >= 4 is 11.5 Å². The average molecular weight is 217 g/mol. The molecule has 0 amide bonds. The van der Waals surface area contributed by atoms with Crippen LogP contribution >= 0.6 is 0 Å². The van der Waals surface area contributed by atoms with Crippen LogP contribution in [0, 0.1) is 13.8 Å². The SMILES string of the molecule is Cc1cc2c3c(c1C)C(=O)CCN3CCO2. The molecule has 0 fully saturated rings. The third kappa shape index (κ3) is 1.17. The summed E-state index contributed by atoms with van der Waals surface area (Å²) in [5.74, 6) is 1.15. The van der Waals surface area contributed by atoms with Crippen LogP contribution in [0.5, 0.6) is 5.75 Å². The van der Waals surface area contributed by atoms with Gasteiger partial charge < -0.3 is 9.64 Å². The van der Waals surface area contributed by atoms with Crippen molar-refractivity contribution in [2.75, 3.05) is 24.6 Å². The molecule has 0 atom stereocenters. The van der Waals surface area contributed by atoms with Gasteiger partial charge in [-0.25, -0.2) is 0 Å². The maximum Gasteiger partial charge on any atom is 0.167 e. The van der Waals surface area contributed by atoms with Crippen LogP contribution in [-0.2, 0) is 0 Å². The van der Waals surface area contributed by atoms with Crippen LogP contribution in [0.4, 0.5) is 5.69 Å². The lowest BCUT2D eigenvalue weighted by Gasteiger charge is -2.36. The molecule has 2 heterocycles. The van der Waals surface area contributed by atoms with Crippen LogP contribution < -0.4 is 9.64 Å². The van der Waals surface area contributed by atoms with E-state index in [9.17, 15) is 4.79 Å². The molecule has 0 spiro atoms. The van der Waals surface area contributed by atoms with Crippen molar-refractivity contribution in [2.24, 2.45) is 0 Å². The van der Waals surface area contributed by atoms with Crippen LogP contribution in [-0.4, -0.2) is 25.5 Å². The molecule has 3 rings (SSSR count). The van der Waals surface area contributed by atoms with Crippen LogP contribution in [0.15, 0.2) is 6.07 Å². The Bertz CT molecular complexity index is 479. The van der Waals surface area contributed by atoms with Gasteiger partial charge in [0.15, 0.2) is 5.78 Å². The molecule has 0 radical (unpaired) electrons. The Balaban J connectivity index is 2.32. The first-order chi connectivity index (χ1) is 7.68. The number of anilines is 1. The Morgan fingerprint density at radius 1 is 1.31 bits per heavy atom. The Kier molecular flexibility index (Phi) is 1.96. The minimum Gasteiger partial charge on any atom is -0.490 e. The van der Waals surface area contributed by atoms with E-state index >= 15 is 0 Å². The lowest BCUT2D eigenvalue weighted by atomic mass is 9.91. The summed E-state index contributed by atoms with van der Waals surface area (Å²) < 4.78 is 5.66. The predicted molar refractivity (Wildman–Crippen MR) is 62.6 cm³/mol. The summed E-state index contributed by atoms with van der Waals surface area (Å²) in [4.78, 5) is 14.3. The molecule has 0 bridgehead atoms. The number of aryl methyl sites for hydroxylation is 1. The number of carbonyl (C=O) groups is 1. The number of rotatable bonds is 0. The minimum absolute atomic E-state index is 0.263. The number of ketones is 1. The average Bonchev–Trinajstić information content (AvgIpc) is 2.28. The number of carbonyl (C=O) groups excluding carboxylic acids is 1. The monoisotopic (exact) mass is 217 g/mol. The zero-order valence-electron chi connectivity index (χ0n) is 9.67. The van der Waals surface area contributed by atoms with Gasteiger partial charge in [0.2, 0.25) is 0 Å². The van der Waals surface area contributed by atoms with Crippen molar-refractivity contribution in [3.05, 3.63) is 22.8 Å². The van der Waals surface area contributed by atoms with Crippen LogP contribution in [0.3, 0.4) is 0 Å². The maximum atomic E-state index is 12.0. The van der Waals surface area contributed by atoms with Crippen molar-refractivity contribution in [1.82, 2.24) is 0 Å². The van der Waals surface area contributed by atoms with Gasteiger partial charge in [0.25, 0.3) is 0 Å². The van der Waals surface area contributed by atoms with Crippen molar-refractivity contribution in [3.63, 3.8) is 0 Å².